The quantitative estimate of drug-likeness (QED) is 0.358. The van der Waals surface area contributed by atoms with Crippen LogP contribution >= 0.6 is 23.1 Å². The number of hydrogen-bond donors (Lipinski definition) is 0. The molecule has 7 heteroatoms. The number of aromatic nitrogens is 4. The van der Waals surface area contributed by atoms with Gasteiger partial charge in [0.15, 0.2) is 5.16 Å². The average Bonchev–Trinajstić information content (AvgIpc) is 3.48. The van der Waals surface area contributed by atoms with Crippen LogP contribution in [0.3, 0.4) is 0 Å². The minimum absolute atomic E-state index is 0.0118. The molecule has 0 aliphatic heterocycles. The van der Waals surface area contributed by atoms with E-state index in [1.807, 2.05) is 37.3 Å². The largest absolute Gasteiger partial charge is 0.268 e. The molecule has 0 N–H and O–H groups in total. The first kappa shape index (κ1) is 18.8. The third-order valence-corrected chi connectivity index (χ3v) is 8.12. The number of nitrogens with zero attached hydrogens (tertiary/aromatic N) is 4. The molecule has 1 aliphatic carbocycles. The Morgan fingerprint density at radius 2 is 1.84 bits per heavy atom. The van der Waals surface area contributed by atoms with Crippen LogP contribution in [0.5, 0.6) is 0 Å². The van der Waals surface area contributed by atoms with Gasteiger partial charge in [0.2, 0.25) is 5.78 Å². The number of fused-ring (bicyclic) bond motifs is 5. The van der Waals surface area contributed by atoms with Crippen molar-refractivity contribution in [3.63, 3.8) is 0 Å². The van der Waals surface area contributed by atoms with Crippen molar-refractivity contribution in [2.75, 3.05) is 0 Å². The zero-order valence-electron chi connectivity index (χ0n) is 17.0. The summed E-state index contributed by atoms with van der Waals surface area (Å²) < 4.78 is 3.82. The Kier molecular flexibility index (Phi) is 4.47. The summed E-state index contributed by atoms with van der Waals surface area (Å²) in [7, 11) is 0. The Labute approximate surface area is 187 Å². The number of rotatable bonds is 4. The number of thiophene rings is 1. The fraction of sp³-hybridized carbons (Fsp3) is 0.208. The van der Waals surface area contributed by atoms with Crippen LogP contribution in [0.4, 0.5) is 0 Å². The van der Waals surface area contributed by atoms with Crippen molar-refractivity contribution in [1.82, 2.24) is 19.2 Å². The van der Waals surface area contributed by atoms with Crippen molar-refractivity contribution in [2.45, 2.75) is 37.1 Å². The Hall–Kier alpha value is -2.90. The van der Waals surface area contributed by atoms with Gasteiger partial charge in [-0.15, -0.1) is 21.5 Å². The second kappa shape index (κ2) is 7.35. The molecule has 31 heavy (non-hydrogen) atoms. The van der Waals surface area contributed by atoms with E-state index in [2.05, 4.69) is 38.9 Å². The van der Waals surface area contributed by atoms with Crippen molar-refractivity contribution >= 4 is 39.1 Å². The van der Waals surface area contributed by atoms with Crippen LogP contribution in [0.1, 0.15) is 28.0 Å². The van der Waals surface area contributed by atoms with Crippen LogP contribution in [0, 0.1) is 6.92 Å². The molecule has 0 saturated carbocycles. The SMILES string of the molecule is Cc1ccc(-n2c(=O)c3c4c(sc3n3c(SCc5ccccc5)nnc23)CCC4)cc1. The van der Waals surface area contributed by atoms with Gasteiger partial charge in [-0.2, -0.15) is 0 Å². The van der Waals surface area contributed by atoms with Crippen LogP contribution in [-0.4, -0.2) is 19.2 Å². The van der Waals surface area contributed by atoms with Crippen molar-refractivity contribution < 1.29 is 0 Å². The zero-order valence-corrected chi connectivity index (χ0v) is 18.7. The predicted octanol–water partition coefficient (Wildman–Crippen LogP) is 5.18. The van der Waals surface area contributed by atoms with Crippen molar-refractivity contribution in [3.8, 4) is 5.69 Å². The highest BCUT2D eigenvalue weighted by molar-refractivity contribution is 7.98. The van der Waals surface area contributed by atoms with E-state index in [1.54, 1.807) is 27.7 Å². The molecule has 2 aromatic carbocycles. The zero-order chi connectivity index (χ0) is 20.9. The fourth-order valence-corrected chi connectivity index (χ4v) is 6.62. The van der Waals surface area contributed by atoms with E-state index in [0.29, 0.717) is 5.78 Å². The van der Waals surface area contributed by atoms with E-state index in [9.17, 15) is 4.79 Å². The Bertz CT molecular complexity index is 1480. The molecule has 5 aromatic rings. The minimum Gasteiger partial charge on any atom is -0.268 e. The molecule has 0 saturated heterocycles. The number of thioether (sulfide) groups is 1. The summed E-state index contributed by atoms with van der Waals surface area (Å²) in [6.07, 6.45) is 3.14. The lowest BCUT2D eigenvalue weighted by molar-refractivity contribution is 0.910. The number of aryl methyl sites for hydroxylation is 3. The monoisotopic (exact) mass is 444 g/mol. The molecule has 0 atom stereocenters. The van der Waals surface area contributed by atoms with Gasteiger partial charge in [-0.05, 0) is 49.4 Å². The van der Waals surface area contributed by atoms with Gasteiger partial charge in [0.05, 0.1) is 11.1 Å². The van der Waals surface area contributed by atoms with Crippen molar-refractivity contribution in [2.24, 2.45) is 0 Å². The molecule has 1 aliphatic rings. The second-order valence-corrected chi connectivity index (χ2v) is 9.93. The molecule has 0 fully saturated rings. The first-order valence-corrected chi connectivity index (χ1v) is 12.2. The molecule has 0 spiro atoms. The topological polar surface area (TPSA) is 52.2 Å². The molecular weight excluding hydrogens is 424 g/mol. The van der Waals surface area contributed by atoms with Gasteiger partial charge in [-0.1, -0.05) is 59.8 Å². The lowest BCUT2D eigenvalue weighted by Gasteiger charge is -2.10. The summed E-state index contributed by atoms with van der Waals surface area (Å²) in [6.45, 7) is 2.05. The highest BCUT2D eigenvalue weighted by Gasteiger charge is 2.26. The smallest absolute Gasteiger partial charge is 0.268 e. The Morgan fingerprint density at radius 3 is 2.65 bits per heavy atom. The highest BCUT2D eigenvalue weighted by atomic mass is 32.2. The molecule has 0 unspecified atom stereocenters. The van der Waals surface area contributed by atoms with Crippen LogP contribution in [0.15, 0.2) is 64.5 Å². The standard InChI is InChI=1S/C24H20N4OS2/c1-15-10-12-17(13-11-15)27-21(29)20-18-8-5-9-19(18)31-22(20)28-23(27)25-26-24(28)30-14-16-6-3-2-4-7-16/h2-4,6-7,10-13H,5,8-9,14H2,1H3. The summed E-state index contributed by atoms with van der Waals surface area (Å²) in [5.41, 5.74) is 4.46. The maximum atomic E-state index is 13.7. The lowest BCUT2D eigenvalue weighted by atomic mass is 10.2. The maximum Gasteiger partial charge on any atom is 0.268 e. The highest BCUT2D eigenvalue weighted by Crippen LogP contribution is 2.37. The van der Waals surface area contributed by atoms with E-state index in [0.717, 1.165) is 51.6 Å². The summed E-state index contributed by atoms with van der Waals surface area (Å²) >= 11 is 3.39. The van der Waals surface area contributed by atoms with Gasteiger partial charge in [-0.3, -0.25) is 4.79 Å². The summed E-state index contributed by atoms with van der Waals surface area (Å²) in [5.74, 6) is 1.38. The Morgan fingerprint density at radius 1 is 1.03 bits per heavy atom. The van der Waals surface area contributed by atoms with Gasteiger partial charge in [0.25, 0.3) is 5.56 Å². The lowest BCUT2D eigenvalue weighted by Crippen LogP contribution is -2.21. The number of hydrogen-bond acceptors (Lipinski definition) is 5. The van der Waals surface area contributed by atoms with E-state index in [1.165, 1.54) is 16.0 Å². The second-order valence-electron chi connectivity index (χ2n) is 7.91. The molecule has 0 bridgehead atoms. The summed E-state index contributed by atoms with van der Waals surface area (Å²) in [5, 5.41) is 10.7. The molecular formula is C24H20N4OS2. The van der Waals surface area contributed by atoms with Gasteiger partial charge in [0.1, 0.15) is 4.83 Å². The van der Waals surface area contributed by atoms with Crippen LogP contribution in [0.25, 0.3) is 21.7 Å². The van der Waals surface area contributed by atoms with Gasteiger partial charge >= 0.3 is 0 Å². The minimum atomic E-state index is 0.0118. The van der Waals surface area contributed by atoms with E-state index in [-0.39, 0.29) is 5.56 Å². The molecule has 3 aromatic heterocycles. The van der Waals surface area contributed by atoms with E-state index >= 15 is 0 Å². The first-order valence-electron chi connectivity index (χ1n) is 10.4. The maximum absolute atomic E-state index is 13.7. The molecule has 5 nitrogen and oxygen atoms in total. The molecule has 6 rings (SSSR count). The first-order chi connectivity index (χ1) is 15.2. The van der Waals surface area contributed by atoms with E-state index in [4.69, 9.17) is 0 Å². The fourth-order valence-electron chi connectivity index (χ4n) is 4.30. The van der Waals surface area contributed by atoms with Gasteiger partial charge in [0, 0.05) is 10.6 Å². The van der Waals surface area contributed by atoms with Crippen LogP contribution in [-0.2, 0) is 18.6 Å². The predicted molar refractivity (Wildman–Crippen MR) is 127 cm³/mol. The van der Waals surface area contributed by atoms with Gasteiger partial charge < -0.3 is 0 Å². The van der Waals surface area contributed by atoms with E-state index < -0.39 is 0 Å². The summed E-state index contributed by atoms with van der Waals surface area (Å²) in [6, 6.07) is 18.4. The molecule has 154 valence electrons. The molecule has 0 radical (unpaired) electrons. The van der Waals surface area contributed by atoms with Crippen LogP contribution < -0.4 is 5.56 Å². The van der Waals surface area contributed by atoms with Gasteiger partial charge in [-0.25, -0.2) is 8.97 Å². The summed E-state index contributed by atoms with van der Waals surface area (Å²) in [4.78, 5) is 16.0. The van der Waals surface area contributed by atoms with Crippen LogP contribution in [0.2, 0.25) is 0 Å². The number of benzene rings is 2. The van der Waals surface area contributed by atoms with Crippen molar-refractivity contribution in [3.05, 3.63) is 86.5 Å². The molecule has 3 heterocycles. The Balaban J connectivity index is 1.60. The third kappa shape index (κ3) is 3.03. The average molecular weight is 445 g/mol. The third-order valence-electron chi connectivity index (χ3n) is 5.84. The normalized spacial score (nSPS) is 13.3. The molecule has 0 amide bonds. The van der Waals surface area contributed by atoms with Crippen molar-refractivity contribution in [1.29, 1.82) is 0 Å².